The molecule has 0 bridgehead atoms. The Labute approximate surface area is 92.0 Å². The van der Waals surface area contributed by atoms with Crippen LogP contribution in [-0.2, 0) is 0 Å². The SMILES string of the molecule is C=C1NC=C(Br)C(C(F)(F)F)=C1C#N.O. The third kappa shape index (κ3) is 2.61. The molecule has 82 valence electrons. The predicted molar refractivity (Wildman–Crippen MR) is 51.6 cm³/mol. The van der Waals surface area contributed by atoms with E-state index in [1.807, 2.05) is 0 Å². The Balaban J connectivity index is 0.00000196. The molecule has 3 N–H and O–H groups in total. The van der Waals surface area contributed by atoms with Gasteiger partial charge in [-0.25, -0.2) is 0 Å². The molecule has 15 heavy (non-hydrogen) atoms. The zero-order valence-electron chi connectivity index (χ0n) is 7.24. The second-order valence-corrected chi connectivity index (χ2v) is 3.33. The fourth-order valence-electron chi connectivity index (χ4n) is 0.966. The summed E-state index contributed by atoms with van der Waals surface area (Å²) in [6.45, 7) is 3.31. The molecule has 7 heteroatoms. The Bertz CT molecular complexity index is 390. The third-order valence-electron chi connectivity index (χ3n) is 1.56. The highest BCUT2D eigenvalue weighted by molar-refractivity contribution is 9.12. The molecule has 0 amide bonds. The molecule has 1 aliphatic heterocycles. The summed E-state index contributed by atoms with van der Waals surface area (Å²) >= 11 is 2.73. The van der Waals surface area contributed by atoms with Crippen molar-refractivity contribution in [2.75, 3.05) is 0 Å². The summed E-state index contributed by atoms with van der Waals surface area (Å²) in [5.74, 6) is 0. The van der Waals surface area contributed by atoms with Gasteiger partial charge in [0, 0.05) is 16.4 Å². The Morgan fingerprint density at radius 2 is 2.00 bits per heavy atom. The van der Waals surface area contributed by atoms with E-state index in [1.54, 1.807) is 0 Å². The van der Waals surface area contributed by atoms with E-state index in [9.17, 15) is 13.2 Å². The van der Waals surface area contributed by atoms with E-state index in [-0.39, 0.29) is 15.7 Å². The normalized spacial score (nSPS) is 16.2. The molecule has 0 saturated carbocycles. The Morgan fingerprint density at radius 3 is 2.33 bits per heavy atom. The average Bonchev–Trinajstić information content (AvgIpc) is 2.06. The summed E-state index contributed by atoms with van der Waals surface area (Å²) in [7, 11) is 0. The summed E-state index contributed by atoms with van der Waals surface area (Å²) in [6.07, 6.45) is -3.46. The minimum Gasteiger partial charge on any atom is -0.412 e. The van der Waals surface area contributed by atoms with Crippen molar-refractivity contribution in [3.8, 4) is 6.07 Å². The lowest BCUT2D eigenvalue weighted by Gasteiger charge is -2.19. The van der Waals surface area contributed by atoms with Gasteiger partial charge in [0.2, 0.25) is 0 Å². The highest BCUT2D eigenvalue weighted by Gasteiger charge is 2.40. The van der Waals surface area contributed by atoms with Crippen molar-refractivity contribution in [3.05, 3.63) is 34.1 Å². The van der Waals surface area contributed by atoms with Gasteiger partial charge >= 0.3 is 6.18 Å². The molecule has 1 heterocycles. The number of rotatable bonds is 0. The van der Waals surface area contributed by atoms with E-state index >= 15 is 0 Å². The summed E-state index contributed by atoms with van der Waals surface area (Å²) in [6, 6.07) is 1.47. The van der Waals surface area contributed by atoms with Crippen LogP contribution in [0.15, 0.2) is 34.1 Å². The summed E-state index contributed by atoms with van der Waals surface area (Å²) in [5, 5.41) is 11.0. The van der Waals surface area contributed by atoms with Crippen LogP contribution in [0.25, 0.3) is 0 Å². The molecule has 1 rings (SSSR count). The number of allylic oxidation sites excluding steroid dienone is 3. The second kappa shape index (κ2) is 4.51. The quantitative estimate of drug-likeness (QED) is 0.737. The monoisotopic (exact) mass is 282 g/mol. The molecule has 0 radical (unpaired) electrons. The number of alkyl halides is 3. The third-order valence-corrected chi connectivity index (χ3v) is 2.18. The molecular formula is C8H6BrF3N2O. The predicted octanol–water partition coefficient (Wildman–Crippen LogP) is 1.90. The van der Waals surface area contributed by atoms with Crippen LogP contribution in [0.2, 0.25) is 0 Å². The largest absolute Gasteiger partial charge is 0.418 e. The molecule has 1 aliphatic rings. The lowest BCUT2D eigenvalue weighted by Crippen LogP contribution is -2.22. The zero-order valence-corrected chi connectivity index (χ0v) is 8.83. The van der Waals surface area contributed by atoms with Crippen LogP contribution in [0.4, 0.5) is 13.2 Å². The first-order valence-corrected chi connectivity index (χ1v) is 4.20. The van der Waals surface area contributed by atoms with Gasteiger partial charge in [-0.15, -0.1) is 0 Å². The number of nitrogens with one attached hydrogen (secondary N) is 1. The van der Waals surface area contributed by atoms with E-state index in [0.29, 0.717) is 0 Å². The number of halogens is 4. The van der Waals surface area contributed by atoms with Crippen molar-refractivity contribution in [1.82, 2.24) is 5.32 Å². The van der Waals surface area contributed by atoms with Crippen molar-refractivity contribution in [2.24, 2.45) is 0 Å². The van der Waals surface area contributed by atoms with Gasteiger partial charge in [-0.1, -0.05) is 6.58 Å². The minimum absolute atomic E-state index is 0. The van der Waals surface area contributed by atoms with E-state index < -0.39 is 17.3 Å². The van der Waals surface area contributed by atoms with E-state index in [0.717, 1.165) is 6.20 Å². The fraction of sp³-hybridized carbons (Fsp3) is 0.125. The molecule has 3 nitrogen and oxygen atoms in total. The van der Waals surface area contributed by atoms with Crippen LogP contribution in [0.3, 0.4) is 0 Å². The Morgan fingerprint density at radius 1 is 1.47 bits per heavy atom. The van der Waals surface area contributed by atoms with Crippen LogP contribution < -0.4 is 5.32 Å². The molecule has 0 spiro atoms. The standard InChI is InChI=1S/C8H4BrF3N2.H2O/c1-4-5(2-13)7(8(10,11)12)6(9)3-14-4;/h3,14H,1H2;1H2. The summed E-state index contributed by atoms with van der Waals surface area (Å²) in [5.41, 5.74) is -1.54. The van der Waals surface area contributed by atoms with Gasteiger partial charge in [0.1, 0.15) is 6.07 Å². The number of hydrogen-bond acceptors (Lipinski definition) is 2. The molecule has 0 aromatic carbocycles. The first-order valence-electron chi connectivity index (χ1n) is 3.41. The first-order chi connectivity index (χ1) is 6.38. The van der Waals surface area contributed by atoms with E-state index in [2.05, 4.69) is 27.8 Å². The van der Waals surface area contributed by atoms with E-state index in [1.165, 1.54) is 6.07 Å². The maximum atomic E-state index is 12.5. The Kier molecular flexibility index (Phi) is 4.13. The van der Waals surface area contributed by atoms with Gasteiger partial charge in [-0.2, -0.15) is 18.4 Å². The van der Waals surface area contributed by atoms with Crippen LogP contribution in [-0.4, -0.2) is 11.7 Å². The maximum absolute atomic E-state index is 12.5. The van der Waals surface area contributed by atoms with Crippen LogP contribution in [0.5, 0.6) is 0 Å². The van der Waals surface area contributed by atoms with Gasteiger partial charge in [0.05, 0.1) is 11.1 Å². The topological polar surface area (TPSA) is 67.3 Å². The van der Waals surface area contributed by atoms with Crippen molar-refractivity contribution in [1.29, 1.82) is 5.26 Å². The van der Waals surface area contributed by atoms with Gasteiger partial charge in [-0.05, 0) is 15.9 Å². The molecule has 0 fully saturated rings. The van der Waals surface area contributed by atoms with Gasteiger partial charge in [0.15, 0.2) is 0 Å². The van der Waals surface area contributed by atoms with Crippen LogP contribution in [0.1, 0.15) is 0 Å². The molecular weight excluding hydrogens is 277 g/mol. The number of nitrogens with zero attached hydrogens (tertiary/aromatic N) is 1. The number of dihydropyridines is 1. The molecule has 0 unspecified atom stereocenters. The average molecular weight is 283 g/mol. The van der Waals surface area contributed by atoms with Gasteiger partial charge < -0.3 is 10.8 Å². The second-order valence-electron chi connectivity index (χ2n) is 2.47. The molecule has 0 saturated heterocycles. The summed E-state index contributed by atoms with van der Waals surface area (Å²) < 4.78 is 37.2. The highest BCUT2D eigenvalue weighted by Crippen LogP contribution is 2.39. The van der Waals surface area contributed by atoms with Crippen LogP contribution >= 0.6 is 15.9 Å². The van der Waals surface area contributed by atoms with E-state index in [4.69, 9.17) is 5.26 Å². The molecule has 0 aromatic heterocycles. The van der Waals surface area contributed by atoms with Gasteiger partial charge in [-0.3, -0.25) is 0 Å². The number of nitriles is 1. The van der Waals surface area contributed by atoms with Crippen molar-refractivity contribution >= 4 is 15.9 Å². The minimum atomic E-state index is -4.56. The molecule has 0 aromatic rings. The fourth-order valence-corrected chi connectivity index (χ4v) is 1.50. The zero-order chi connectivity index (χ0) is 10.9. The lowest BCUT2D eigenvalue weighted by molar-refractivity contribution is -0.0891. The maximum Gasteiger partial charge on any atom is 0.418 e. The van der Waals surface area contributed by atoms with Gasteiger partial charge in [0.25, 0.3) is 0 Å². The van der Waals surface area contributed by atoms with Crippen LogP contribution in [0, 0.1) is 11.3 Å². The molecule has 0 atom stereocenters. The highest BCUT2D eigenvalue weighted by atomic mass is 79.9. The number of hydrogen-bond donors (Lipinski definition) is 1. The summed E-state index contributed by atoms with van der Waals surface area (Å²) in [4.78, 5) is 0. The Hall–Kier alpha value is -1.26. The smallest absolute Gasteiger partial charge is 0.412 e. The first kappa shape index (κ1) is 13.7. The van der Waals surface area contributed by atoms with Crippen molar-refractivity contribution < 1.29 is 18.6 Å². The molecule has 0 aliphatic carbocycles. The van der Waals surface area contributed by atoms with Crippen molar-refractivity contribution in [2.45, 2.75) is 6.18 Å². The lowest BCUT2D eigenvalue weighted by atomic mass is 10.0. The van der Waals surface area contributed by atoms with Crippen molar-refractivity contribution in [3.63, 3.8) is 0 Å².